The molecule has 0 bridgehead atoms. The molecule has 0 radical (unpaired) electrons. The maximum absolute atomic E-state index is 11.0. The SMILES string of the molecule is COC(=O)[C@@H](N)C1=CCC=CC1.Cl. The molecule has 0 amide bonds. The van der Waals surface area contributed by atoms with Crippen molar-refractivity contribution in [1.29, 1.82) is 0 Å². The topological polar surface area (TPSA) is 52.3 Å². The van der Waals surface area contributed by atoms with E-state index in [9.17, 15) is 4.79 Å². The molecular weight excluding hydrogens is 190 g/mol. The van der Waals surface area contributed by atoms with Gasteiger partial charge in [-0.1, -0.05) is 18.2 Å². The molecule has 13 heavy (non-hydrogen) atoms. The number of carbonyl (C=O) groups excluding carboxylic acids is 1. The Morgan fingerprint density at radius 1 is 1.62 bits per heavy atom. The van der Waals surface area contributed by atoms with Gasteiger partial charge in [0.15, 0.2) is 0 Å². The third-order valence-electron chi connectivity index (χ3n) is 1.89. The first-order chi connectivity index (χ1) is 5.75. The molecule has 4 heteroatoms. The van der Waals surface area contributed by atoms with E-state index in [2.05, 4.69) is 4.74 Å². The molecule has 3 nitrogen and oxygen atoms in total. The van der Waals surface area contributed by atoms with Crippen LogP contribution >= 0.6 is 12.4 Å². The molecule has 2 N–H and O–H groups in total. The molecular formula is C9H14ClNO2. The van der Waals surface area contributed by atoms with Crippen LogP contribution in [0.2, 0.25) is 0 Å². The number of allylic oxidation sites excluding steroid dienone is 3. The number of hydrogen-bond acceptors (Lipinski definition) is 3. The maximum Gasteiger partial charge on any atom is 0.326 e. The molecule has 0 aromatic heterocycles. The number of esters is 1. The summed E-state index contributed by atoms with van der Waals surface area (Å²) in [5.74, 6) is -0.364. The lowest BCUT2D eigenvalue weighted by molar-refractivity contribution is -0.141. The van der Waals surface area contributed by atoms with Crippen LogP contribution in [0.5, 0.6) is 0 Å². The van der Waals surface area contributed by atoms with E-state index >= 15 is 0 Å². The summed E-state index contributed by atoms with van der Waals surface area (Å²) < 4.78 is 4.54. The van der Waals surface area contributed by atoms with Crippen molar-refractivity contribution in [3.63, 3.8) is 0 Å². The molecule has 0 aromatic rings. The Morgan fingerprint density at radius 3 is 2.77 bits per heavy atom. The van der Waals surface area contributed by atoms with Crippen LogP contribution in [0, 0.1) is 0 Å². The summed E-state index contributed by atoms with van der Waals surface area (Å²) in [6.07, 6.45) is 7.66. The van der Waals surface area contributed by atoms with E-state index < -0.39 is 6.04 Å². The second-order valence-electron chi connectivity index (χ2n) is 2.69. The molecule has 0 saturated heterocycles. The van der Waals surface area contributed by atoms with Crippen molar-refractivity contribution < 1.29 is 9.53 Å². The molecule has 0 heterocycles. The largest absolute Gasteiger partial charge is 0.468 e. The van der Waals surface area contributed by atoms with Crippen LogP contribution in [0.25, 0.3) is 0 Å². The Morgan fingerprint density at radius 2 is 2.31 bits per heavy atom. The molecule has 1 rings (SSSR count). The van der Waals surface area contributed by atoms with Crippen molar-refractivity contribution in [2.24, 2.45) is 5.73 Å². The Hall–Kier alpha value is -0.800. The summed E-state index contributed by atoms with van der Waals surface area (Å²) in [6.45, 7) is 0. The quantitative estimate of drug-likeness (QED) is 0.542. The van der Waals surface area contributed by atoms with Crippen molar-refractivity contribution >= 4 is 18.4 Å². The zero-order valence-electron chi connectivity index (χ0n) is 7.53. The van der Waals surface area contributed by atoms with Gasteiger partial charge in [0.05, 0.1) is 7.11 Å². The average Bonchev–Trinajstić information content (AvgIpc) is 2.17. The molecule has 0 spiro atoms. The van der Waals surface area contributed by atoms with Gasteiger partial charge < -0.3 is 10.5 Å². The van der Waals surface area contributed by atoms with Gasteiger partial charge in [-0.25, -0.2) is 0 Å². The van der Waals surface area contributed by atoms with Crippen molar-refractivity contribution in [2.45, 2.75) is 18.9 Å². The predicted molar refractivity (Wildman–Crippen MR) is 53.7 cm³/mol. The van der Waals surface area contributed by atoms with Crippen molar-refractivity contribution in [1.82, 2.24) is 0 Å². The Balaban J connectivity index is 0.00000144. The Labute approximate surface area is 84.0 Å². The maximum atomic E-state index is 11.0. The molecule has 0 aromatic carbocycles. The summed E-state index contributed by atoms with van der Waals surface area (Å²) in [4.78, 5) is 11.0. The zero-order valence-corrected chi connectivity index (χ0v) is 8.34. The minimum absolute atomic E-state index is 0. The van der Waals surface area contributed by atoms with Gasteiger partial charge in [-0.15, -0.1) is 12.4 Å². The molecule has 1 atom stereocenters. The first-order valence-corrected chi connectivity index (χ1v) is 3.93. The van der Waals surface area contributed by atoms with Gasteiger partial charge in [-0.2, -0.15) is 0 Å². The normalized spacial score (nSPS) is 16.9. The zero-order chi connectivity index (χ0) is 8.97. The van der Waals surface area contributed by atoms with Crippen molar-refractivity contribution in [3.05, 3.63) is 23.8 Å². The van der Waals surface area contributed by atoms with Gasteiger partial charge in [0, 0.05) is 0 Å². The number of carbonyl (C=O) groups is 1. The monoisotopic (exact) mass is 203 g/mol. The highest BCUT2D eigenvalue weighted by Crippen LogP contribution is 2.14. The standard InChI is InChI=1S/C9H13NO2.ClH/c1-12-9(11)8(10)7-5-3-2-4-6-7;/h2-3,6,8H,4-5,10H2,1H3;1H/t8-;/m0./s1. The minimum atomic E-state index is -0.583. The van der Waals surface area contributed by atoms with Crippen LogP contribution in [0.4, 0.5) is 0 Å². The molecule has 0 saturated carbocycles. The average molecular weight is 204 g/mol. The Bertz CT molecular complexity index is 236. The van der Waals surface area contributed by atoms with E-state index in [0.29, 0.717) is 0 Å². The van der Waals surface area contributed by atoms with Gasteiger partial charge in [0.2, 0.25) is 0 Å². The summed E-state index contributed by atoms with van der Waals surface area (Å²) in [6, 6.07) is -0.583. The van der Waals surface area contributed by atoms with Gasteiger partial charge >= 0.3 is 5.97 Å². The molecule has 74 valence electrons. The lowest BCUT2D eigenvalue weighted by Gasteiger charge is -2.14. The number of methoxy groups -OCH3 is 1. The smallest absolute Gasteiger partial charge is 0.326 e. The molecule has 1 aliphatic rings. The van der Waals surface area contributed by atoms with Crippen LogP contribution in [0.15, 0.2) is 23.8 Å². The molecule has 0 unspecified atom stereocenters. The van der Waals surface area contributed by atoms with E-state index in [1.807, 2.05) is 18.2 Å². The van der Waals surface area contributed by atoms with Crippen LogP contribution < -0.4 is 5.73 Å². The highest BCUT2D eigenvalue weighted by atomic mass is 35.5. The first-order valence-electron chi connectivity index (χ1n) is 3.93. The van der Waals surface area contributed by atoms with E-state index in [-0.39, 0.29) is 18.4 Å². The summed E-state index contributed by atoms with van der Waals surface area (Å²) in [7, 11) is 1.35. The fourth-order valence-corrected chi connectivity index (χ4v) is 1.15. The van der Waals surface area contributed by atoms with Crippen LogP contribution in [-0.4, -0.2) is 19.1 Å². The van der Waals surface area contributed by atoms with Crippen molar-refractivity contribution in [2.75, 3.05) is 7.11 Å². The van der Waals surface area contributed by atoms with Crippen LogP contribution in [0.3, 0.4) is 0 Å². The number of ether oxygens (including phenoxy) is 1. The number of nitrogens with two attached hydrogens (primary N) is 1. The first kappa shape index (κ1) is 12.2. The second kappa shape index (κ2) is 5.78. The summed E-state index contributed by atoms with van der Waals surface area (Å²) in [5.41, 5.74) is 6.57. The third-order valence-corrected chi connectivity index (χ3v) is 1.89. The summed E-state index contributed by atoms with van der Waals surface area (Å²) in [5, 5.41) is 0. The number of rotatable bonds is 2. The second-order valence-corrected chi connectivity index (χ2v) is 2.69. The highest BCUT2D eigenvalue weighted by molar-refractivity contribution is 5.85. The van der Waals surface area contributed by atoms with Crippen LogP contribution in [0.1, 0.15) is 12.8 Å². The predicted octanol–water partition coefficient (Wildman–Crippen LogP) is 1.18. The Kier molecular flexibility index (Phi) is 5.42. The fourth-order valence-electron chi connectivity index (χ4n) is 1.15. The van der Waals surface area contributed by atoms with Crippen LogP contribution in [-0.2, 0) is 9.53 Å². The van der Waals surface area contributed by atoms with E-state index in [4.69, 9.17) is 5.73 Å². The minimum Gasteiger partial charge on any atom is -0.468 e. The van der Waals surface area contributed by atoms with Gasteiger partial charge in [-0.05, 0) is 18.4 Å². The van der Waals surface area contributed by atoms with E-state index in [0.717, 1.165) is 18.4 Å². The van der Waals surface area contributed by atoms with E-state index in [1.54, 1.807) is 0 Å². The molecule has 1 aliphatic carbocycles. The van der Waals surface area contributed by atoms with Crippen molar-refractivity contribution in [3.8, 4) is 0 Å². The lowest BCUT2D eigenvalue weighted by Crippen LogP contribution is -2.33. The number of halogens is 1. The molecule has 0 aliphatic heterocycles. The summed E-state index contributed by atoms with van der Waals surface area (Å²) >= 11 is 0. The fraction of sp³-hybridized carbons (Fsp3) is 0.444. The lowest BCUT2D eigenvalue weighted by atomic mass is 9.99. The number of hydrogen-bond donors (Lipinski definition) is 1. The van der Waals surface area contributed by atoms with Gasteiger partial charge in [-0.3, -0.25) is 4.79 Å². The van der Waals surface area contributed by atoms with E-state index in [1.165, 1.54) is 7.11 Å². The van der Waals surface area contributed by atoms with Gasteiger partial charge in [0.1, 0.15) is 6.04 Å². The third kappa shape index (κ3) is 3.20. The van der Waals surface area contributed by atoms with Gasteiger partial charge in [0.25, 0.3) is 0 Å². The molecule has 0 fully saturated rings. The highest BCUT2D eigenvalue weighted by Gasteiger charge is 2.18.